The van der Waals surface area contributed by atoms with Crippen LogP contribution in [0.25, 0.3) is 5.82 Å². The highest BCUT2D eigenvalue weighted by atomic mass is 79.9. The minimum absolute atomic E-state index is 0.176. The first-order valence-electron chi connectivity index (χ1n) is 5.12. The number of halogens is 2. The molecule has 17 heavy (non-hydrogen) atoms. The van der Waals surface area contributed by atoms with Crippen molar-refractivity contribution >= 4 is 27.5 Å². The third kappa shape index (κ3) is 2.42. The molecule has 0 atom stereocenters. The topological polar surface area (TPSA) is 63.6 Å². The first-order chi connectivity index (χ1) is 8.13. The molecule has 5 nitrogen and oxygen atoms in total. The van der Waals surface area contributed by atoms with Crippen molar-refractivity contribution in [1.29, 1.82) is 0 Å². The van der Waals surface area contributed by atoms with Gasteiger partial charge in [-0.05, 0) is 34.5 Å². The summed E-state index contributed by atoms with van der Waals surface area (Å²) in [5.41, 5.74) is 0.680. The summed E-state index contributed by atoms with van der Waals surface area (Å²) in [5, 5.41) is 10.8. The number of H-pyrrole nitrogens is 1. The molecule has 0 aromatic carbocycles. The molecule has 0 radical (unpaired) electrons. The molecule has 7 heteroatoms. The van der Waals surface area contributed by atoms with Crippen molar-refractivity contribution in [3.8, 4) is 5.82 Å². The average molecular weight is 318 g/mol. The van der Waals surface area contributed by atoms with E-state index in [-0.39, 0.29) is 5.56 Å². The van der Waals surface area contributed by atoms with Crippen LogP contribution in [-0.2, 0) is 6.42 Å². The summed E-state index contributed by atoms with van der Waals surface area (Å²) < 4.78 is 1.88. The molecule has 0 saturated heterocycles. The first-order valence-corrected chi connectivity index (χ1v) is 6.29. The van der Waals surface area contributed by atoms with E-state index < -0.39 is 0 Å². The van der Waals surface area contributed by atoms with Gasteiger partial charge in [-0.1, -0.05) is 24.9 Å². The molecule has 0 aliphatic carbocycles. The second kappa shape index (κ2) is 5.01. The van der Waals surface area contributed by atoms with Gasteiger partial charge in [0.15, 0.2) is 11.0 Å². The van der Waals surface area contributed by atoms with Gasteiger partial charge in [0.25, 0.3) is 5.56 Å². The Bertz CT molecular complexity index is 575. The van der Waals surface area contributed by atoms with E-state index in [2.05, 4.69) is 31.2 Å². The van der Waals surface area contributed by atoms with Crippen LogP contribution in [0.4, 0.5) is 0 Å². The Kier molecular flexibility index (Phi) is 3.63. The zero-order valence-electron chi connectivity index (χ0n) is 9.07. The van der Waals surface area contributed by atoms with Gasteiger partial charge >= 0.3 is 0 Å². The Morgan fingerprint density at radius 1 is 1.47 bits per heavy atom. The summed E-state index contributed by atoms with van der Waals surface area (Å²) in [6, 6.07) is 3.22. The Morgan fingerprint density at radius 3 is 2.82 bits per heavy atom. The van der Waals surface area contributed by atoms with Crippen LogP contribution < -0.4 is 5.56 Å². The molecule has 1 N–H and O–H groups in total. The second-order valence-corrected chi connectivity index (χ2v) is 4.69. The molecule has 0 unspecified atom stereocenters. The van der Waals surface area contributed by atoms with E-state index in [0.29, 0.717) is 15.4 Å². The number of hydrogen-bond acceptors (Lipinski definition) is 3. The number of hydrogen-bond donors (Lipinski definition) is 1. The lowest BCUT2D eigenvalue weighted by Crippen LogP contribution is -2.16. The minimum atomic E-state index is -0.176. The normalized spacial score (nSPS) is 10.8. The van der Waals surface area contributed by atoms with Crippen molar-refractivity contribution in [2.24, 2.45) is 0 Å². The second-order valence-electron chi connectivity index (χ2n) is 3.51. The predicted molar refractivity (Wildman–Crippen MR) is 68.7 cm³/mol. The number of nitrogens with one attached hydrogen (secondary N) is 1. The minimum Gasteiger partial charge on any atom is -0.292 e. The van der Waals surface area contributed by atoms with Crippen LogP contribution in [0.5, 0.6) is 0 Å². The summed E-state index contributed by atoms with van der Waals surface area (Å²) in [4.78, 5) is 11.9. The van der Waals surface area contributed by atoms with E-state index in [9.17, 15) is 4.79 Å². The number of rotatable bonds is 3. The summed E-state index contributed by atoms with van der Waals surface area (Å²) in [6.45, 7) is 2.05. The van der Waals surface area contributed by atoms with Gasteiger partial charge in [-0.2, -0.15) is 4.68 Å². The lowest BCUT2D eigenvalue weighted by molar-refractivity contribution is 0.759. The van der Waals surface area contributed by atoms with E-state index in [1.165, 1.54) is 4.68 Å². The molecule has 0 aliphatic heterocycles. The van der Waals surface area contributed by atoms with Crippen molar-refractivity contribution in [2.45, 2.75) is 19.8 Å². The monoisotopic (exact) mass is 316 g/mol. The molecule has 0 saturated carbocycles. The van der Waals surface area contributed by atoms with Gasteiger partial charge < -0.3 is 0 Å². The van der Waals surface area contributed by atoms with Crippen LogP contribution >= 0.6 is 27.5 Å². The van der Waals surface area contributed by atoms with Gasteiger partial charge in [-0.3, -0.25) is 9.89 Å². The number of aromatic amines is 1. The van der Waals surface area contributed by atoms with Gasteiger partial charge in [0.2, 0.25) is 0 Å². The first kappa shape index (κ1) is 12.3. The summed E-state index contributed by atoms with van der Waals surface area (Å²) in [5.74, 6) is 0.419. The molecular formula is C10H10BrClN4O. The van der Waals surface area contributed by atoms with Gasteiger partial charge in [-0.15, -0.1) is 10.2 Å². The zero-order valence-corrected chi connectivity index (χ0v) is 11.4. The Hall–Kier alpha value is -1.14. The molecule has 2 rings (SSSR count). The smallest absolute Gasteiger partial charge is 0.287 e. The fourth-order valence-electron chi connectivity index (χ4n) is 1.47. The van der Waals surface area contributed by atoms with Gasteiger partial charge in [0.1, 0.15) is 4.47 Å². The molecule has 0 aliphatic rings. The molecule has 2 aromatic heterocycles. The fourth-order valence-corrected chi connectivity index (χ4v) is 2.03. The Balaban J connectivity index is 2.49. The zero-order chi connectivity index (χ0) is 12.4. The fraction of sp³-hybridized carbons (Fsp3) is 0.300. The molecule has 0 spiro atoms. The SMILES string of the molecule is CCCc1[nH]n(-c2ccc(Cl)nn2)c(=O)c1Br. The molecule has 90 valence electrons. The standard InChI is InChI=1S/C10H10BrClN4O/c1-2-3-6-9(11)10(17)16(15-6)8-5-4-7(12)13-14-8/h4-5,15H,2-3H2,1H3. The molecular weight excluding hydrogens is 307 g/mol. The largest absolute Gasteiger partial charge is 0.292 e. The summed E-state index contributed by atoms with van der Waals surface area (Å²) >= 11 is 8.92. The highest BCUT2D eigenvalue weighted by molar-refractivity contribution is 9.10. The predicted octanol–water partition coefficient (Wildman–Crippen LogP) is 2.32. The van der Waals surface area contributed by atoms with E-state index >= 15 is 0 Å². The average Bonchev–Trinajstić information content (AvgIpc) is 2.59. The van der Waals surface area contributed by atoms with E-state index in [1.54, 1.807) is 12.1 Å². The molecule has 0 bridgehead atoms. The molecule has 0 fully saturated rings. The summed E-state index contributed by atoms with van der Waals surface area (Å²) in [6.07, 6.45) is 1.74. The van der Waals surface area contributed by atoms with Gasteiger partial charge in [-0.25, -0.2) is 0 Å². The van der Waals surface area contributed by atoms with Crippen LogP contribution in [0.2, 0.25) is 5.15 Å². The number of aromatic nitrogens is 4. The highest BCUT2D eigenvalue weighted by Crippen LogP contribution is 2.13. The van der Waals surface area contributed by atoms with Crippen molar-refractivity contribution in [3.05, 3.63) is 37.8 Å². The lowest BCUT2D eigenvalue weighted by Gasteiger charge is -1.99. The Morgan fingerprint density at radius 2 is 2.24 bits per heavy atom. The van der Waals surface area contributed by atoms with E-state index in [0.717, 1.165) is 18.5 Å². The van der Waals surface area contributed by atoms with Crippen molar-refractivity contribution in [2.75, 3.05) is 0 Å². The van der Waals surface area contributed by atoms with Gasteiger partial charge in [0.05, 0.1) is 5.69 Å². The quantitative estimate of drug-likeness (QED) is 0.945. The maximum atomic E-state index is 11.9. The lowest BCUT2D eigenvalue weighted by atomic mass is 10.3. The van der Waals surface area contributed by atoms with Crippen LogP contribution in [0.15, 0.2) is 21.4 Å². The van der Waals surface area contributed by atoms with Crippen molar-refractivity contribution in [3.63, 3.8) is 0 Å². The molecule has 2 aromatic rings. The van der Waals surface area contributed by atoms with E-state index in [4.69, 9.17) is 11.6 Å². The number of aryl methyl sites for hydroxylation is 1. The van der Waals surface area contributed by atoms with Crippen molar-refractivity contribution in [1.82, 2.24) is 20.0 Å². The maximum Gasteiger partial charge on any atom is 0.287 e. The third-order valence-electron chi connectivity index (χ3n) is 2.25. The van der Waals surface area contributed by atoms with Crippen LogP contribution in [0.1, 0.15) is 19.0 Å². The van der Waals surface area contributed by atoms with Gasteiger partial charge in [0, 0.05) is 0 Å². The Labute approximate surface area is 111 Å². The highest BCUT2D eigenvalue weighted by Gasteiger charge is 2.12. The summed E-state index contributed by atoms with van der Waals surface area (Å²) in [7, 11) is 0. The number of nitrogens with zero attached hydrogens (tertiary/aromatic N) is 3. The van der Waals surface area contributed by atoms with E-state index in [1.807, 2.05) is 6.92 Å². The molecule has 2 heterocycles. The van der Waals surface area contributed by atoms with Crippen molar-refractivity contribution < 1.29 is 0 Å². The van der Waals surface area contributed by atoms with Crippen LogP contribution in [-0.4, -0.2) is 20.0 Å². The third-order valence-corrected chi connectivity index (χ3v) is 3.27. The maximum absolute atomic E-state index is 11.9. The molecule has 0 amide bonds. The van der Waals surface area contributed by atoms with Crippen LogP contribution in [0, 0.1) is 0 Å². The van der Waals surface area contributed by atoms with Crippen LogP contribution in [0.3, 0.4) is 0 Å².